The molecule has 4 aromatic rings. The average Bonchev–Trinajstić information content (AvgIpc) is 3.36. The Balaban J connectivity index is 1.52. The highest BCUT2D eigenvalue weighted by atomic mass is 32.2. The molecule has 2 aromatic heterocycles. The minimum absolute atomic E-state index is 0.0366. The van der Waals surface area contributed by atoms with Crippen LogP contribution in [0.3, 0.4) is 0 Å². The topological polar surface area (TPSA) is 170 Å². The Labute approximate surface area is 193 Å². The first-order valence-electron chi connectivity index (χ1n) is 9.95. The molecule has 4 rings (SSSR count). The number of hydrogen-bond donors (Lipinski definition) is 4. The van der Waals surface area contributed by atoms with Gasteiger partial charge in [0.25, 0.3) is 15.9 Å². The normalized spacial score (nSPS) is 11.4. The van der Waals surface area contributed by atoms with Crippen molar-refractivity contribution in [2.45, 2.75) is 11.8 Å². The van der Waals surface area contributed by atoms with Gasteiger partial charge in [-0.2, -0.15) is 0 Å². The predicted octanol–water partition coefficient (Wildman–Crippen LogP) is 1.66. The minimum atomic E-state index is -4.09. The highest BCUT2D eigenvalue weighted by molar-refractivity contribution is 7.92. The van der Waals surface area contributed by atoms with E-state index < -0.39 is 27.5 Å². The molecule has 0 bridgehead atoms. The number of nitrogens with one attached hydrogen (secondary N) is 4. The smallest absolute Gasteiger partial charge is 0.323 e. The van der Waals surface area contributed by atoms with E-state index in [1.54, 1.807) is 19.1 Å². The monoisotopic (exact) mass is 484 g/mol. The number of aromatic amines is 2. The van der Waals surface area contributed by atoms with Crippen molar-refractivity contribution >= 4 is 44.4 Å². The maximum absolute atomic E-state index is 13.0. The fourth-order valence-electron chi connectivity index (χ4n) is 3.24. The first-order chi connectivity index (χ1) is 16.1. The lowest BCUT2D eigenvalue weighted by atomic mass is 10.1. The molecule has 0 spiro atoms. The number of carbonyl (C=O) groups excluding carboxylic acids is 2. The molecule has 176 valence electrons. The van der Waals surface area contributed by atoms with Gasteiger partial charge < -0.3 is 24.7 Å². The molecule has 12 nitrogen and oxygen atoms in total. The number of aryl methyl sites for hydroxylation is 1. The van der Waals surface area contributed by atoms with Gasteiger partial charge in [0.1, 0.15) is 5.76 Å². The number of rotatable bonds is 7. The van der Waals surface area contributed by atoms with E-state index in [1.807, 2.05) is 0 Å². The molecule has 0 unspecified atom stereocenters. The molecule has 0 saturated heterocycles. The number of likely N-dealkylation sites (N-methyl/N-ethyl adjacent to an activating group) is 1. The lowest BCUT2D eigenvalue weighted by molar-refractivity contribution is -0.116. The number of sulfonamides is 1. The Hall–Kier alpha value is -4.39. The quantitative estimate of drug-likeness (QED) is 0.309. The maximum atomic E-state index is 13.0. The van der Waals surface area contributed by atoms with Crippen molar-refractivity contribution in [3.05, 3.63) is 70.3 Å². The van der Waals surface area contributed by atoms with Crippen LogP contribution >= 0.6 is 0 Å². The van der Waals surface area contributed by atoms with E-state index in [4.69, 9.17) is 4.52 Å². The summed E-state index contributed by atoms with van der Waals surface area (Å²) >= 11 is 0. The Morgan fingerprint density at radius 3 is 2.56 bits per heavy atom. The van der Waals surface area contributed by atoms with Gasteiger partial charge in [-0.15, -0.1) is 0 Å². The summed E-state index contributed by atoms with van der Waals surface area (Å²) in [6, 6.07) is 11.7. The number of para-hydroxylation sites is 1. The van der Waals surface area contributed by atoms with E-state index in [2.05, 4.69) is 25.2 Å². The van der Waals surface area contributed by atoms with Gasteiger partial charge in [-0.3, -0.25) is 14.3 Å². The number of amides is 2. The van der Waals surface area contributed by atoms with Crippen LogP contribution in [0.4, 0.5) is 11.5 Å². The van der Waals surface area contributed by atoms with Crippen LogP contribution in [0.5, 0.6) is 0 Å². The van der Waals surface area contributed by atoms with Gasteiger partial charge in [0.05, 0.1) is 33.7 Å². The number of imidazole rings is 1. The third-order valence-electron chi connectivity index (χ3n) is 4.82. The molecule has 0 aliphatic heterocycles. The molecule has 0 aliphatic carbocycles. The summed E-state index contributed by atoms with van der Waals surface area (Å²) in [6.45, 7) is 1.37. The highest BCUT2D eigenvalue weighted by Crippen LogP contribution is 2.23. The number of carbonyl (C=O) groups is 2. The van der Waals surface area contributed by atoms with E-state index in [-0.39, 0.29) is 28.5 Å². The van der Waals surface area contributed by atoms with Gasteiger partial charge in [0, 0.05) is 13.1 Å². The number of benzene rings is 2. The second-order valence-electron chi connectivity index (χ2n) is 7.47. The third-order valence-corrected chi connectivity index (χ3v) is 6.19. The molecule has 0 saturated carbocycles. The van der Waals surface area contributed by atoms with Crippen molar-refractivity contribution < 1.29 is 22.5 Å². The molecule has 34 heavy (non-hydrogen) atoms. The third kappa shape index (κ3) is 4.83. The molecule has 0 fully saturated rings. The van der Waals surface area contributed by atoms with Gasteiger partial charge in [0.15, 0.2) is 5.82 Å². The van der Waals surface area contributed by atoms with Crippen LogP contribution in [0.2, 0.25) is 0 Å². The summed E-state index contributed by atoms with van der Waals surface area (Å²) in [5.41, 5.74) is 0.411. The van der Waals surface area contributed by atoms with Crippen LogP contribution in [0, 0.1) is 6.92 Å². The van der Waals surface area contributed by atoms with Crippen LogP contribution in [-0.4, -0.2) is 53.8 Å². The number of hydrogen-bond acceptors (Lipinski definition) is 7. The van der Waals surface area contributed by atoms with Crippen molar-refractivity contribution in [1.29, 1.82) is 0 Å². The second-order valence-corrected chi connectivity index (χ2v) is 9.15. The Morgan fingerprint density at radius 1 is 1.09 bits per heavy atom. The Morgan fingerprint density at radius 2 is 1.82 bits per heavy atom. The van der Waals surface area contributed by atoms with Crippen molar-refractivity contribution in [2.75, 3.05) is 23.6 Å². The van der Waals surface area contributed by atoms with Crippen LogP contribution in [-0.2, 0) is 14.8 Å². The lowest BCUT2D eigenvalue weighted by Crippen LogP contribution is -2.35. The van der Waals surface area contributed by atoms with Gasteiger partial charge in [-0.25, -0.2) is 13.2 Å². The maximum Gasteiger partial charge on any atom is 0.323 e. The first-order valence-corrected chi connectivity index (χ1v) is 11.4. The highest BCUT2D eigenvalue weighted by Gasteiger charge is 2.22. The van der Waals surface area contributed by atoms with Gasteiger partial charge >= 0.3 is 5.69 Å². The molecule has 2 amide bonds. The lowest BCUT2D eigenvalue weighted by Gasteiger charge is -2.19. The number of nitrogens with zero attached hydrogens (tertiary/aromatic N) is 2. The van der Waals surface area contributed by atoms with Crippen LogP contribution in [0.1, 0.15) is 16.1 Å². The molecule has 13 heteroatoms. The summed E-state index contributed by atoms with van der Waals surface area (Å²) in [5, 5.41) is 6.17. The number of anilines is 2. The van der Waals surface area contributed by atoms with Gasteiger partial charge in [-0.05, 0) is 37.3 Å². The van der Waals surface area contributed by atoms with Crippen molar-refractivity contribution in [3.63, 3.8) is 0 Å². The van der Waals surface area contributed by atoms with E-state index in [1.165, 1.54) is 43.4 Å². The fourth-order valence-corrected chi connectivity index (χ4v) is 4.35. The summed E-state index contributed by atoms with van der Waals surface area (Å²) in [6.07, 6.45) is 0. The summed E-state index contributed by atoms with van der Waals surface area (Å²) in [4.78, 5) is 42.8. The Kier molecular flexibility index (Phi) is 5.94. The number of H-pyrrole nitrogens is 2. The van der Waals surface area contributed by atoms with E-state index in [9.17, 15) is 22.8 Å². The van der Waals surface area contributed by atoms with Crippen LogP contribution in [0.15, 0.2) is 62.7 Å². The van der Waals surface area contributed by atoms with Crippen molar-refractivity contribution in [2.24, 2.45) is 0 Å². The zero-order chi connectivity index (χ0) is 24.5. The van der Waals surface area contributed by atoms with E-state index in [0.717, 1.165) is 4.90 Å². The predicted molar refractivity (Wildman–Crippen MR) is 123 cm³/mol. The van der Waals surface area contributed by atoms with Crippen LogP contribution in [0.25, 0.3) is 11.0 Å². The van der Waals surface area contributed by atoms with Crippen molar-refractivity contribution in [1.82, 2.24) is 20.0 Å². The Bertz CT molecular complexity index is 1550. The molecule has 2 heterocycles. The summed E-state index contributed by atoms with van der Waals surface area (Å²) in [7, 11) is -2.68. The molecular formula is C21H20N6O6S. The summed E-state index contributed by atoms with van der Waals surface area (Å²) < 4.78 is 33.2. The second kappa shape index (κ2) is 8.86. The van der Waals surface area contributed by atoms with Gasteiger partial charge in [-0.1, -0.05) is 17.3 Å². The molecule has 0 radical (unpaired) electrons. The molecule has 4 N–H and O–H groups in total. The largest absolute Gasteiger partial charge is 0.360 e. The van der Waals surface area contributed by atoms with Crippen molar-refractivity contribution in [3.8, 4) is 0 Å². The van der Waals surface area contributed by atoms with Crippen LogP contribution < -0.4 is 15.7 Å². The zero-order valence-corrected chi connectivity index (χ0v) is 18.9. The molecule has 0 atom stereocenters. The number of fused-ring (bicyclic) bond motifs is 1. The summed E-state index contributed by atoms with van der Waals surface area (Å²) in [5.74, 6) is -0.341. The fraction of sp³-hybridized carbons (Fsp3) is 0.143. The van der Waals surface area contributed by atoms with Gasteiger partial charge in [0.2, 0.25) is 5.91 Å². The molecular weight excluding hydrogens is 464 g/mol. The standard InChI is InChI=1S/C21H20N6O6S/c1-12-9-18(25-33-12)24-19(28)11-27(2)20(29)14-5-3-4-6-15(14)26-34(31,32)13-7-8-16-17(10-13)23-21(30)22-16/h3-10,26H,11H2,1-2H3,(H2,22,23,30)(H,24,25,28). The SMILES string of the molecule is Cc1cc(NC(=O)CN(C)C(=O)c2ccccc2NS(=O)(=O)c2ccc3[nH]c(=O)[nH]c3c2)no1. The molecule has 2 aromatic carbocycles. The van der Waals surface area contributed by atoms with E-state index in [0.29, 0.717) is 16.8 Å². The number of aromatic nitrogens is 3. The van der Waals surface area contributed by atoms with E-state index >= 15 is 0 Å². The zero-order valence-electron chi connectivity index (χ0n) is 18.1. The first kappa shape index (κ1) is 22.8. The minimum Gasteiger partial charge on any atom is -0.360 e. The average molecular weight is 484 g/mol. The molecule has 0 aliphatic rings.